The van der Waals surface area contributed by atoms with Crippen molar-refractivity contribution in [2.24, 2.45) is 11.7 Å². The van der Waals surface area contributed by atoms with Gasteiger partial charge in [-0.15, -0.1) is 0 Å². The van der Waals surface area contributed by atoms with E-state index in [9.17, 15) is 9.59 Å². The number of carboxylic acid groups (broad SMARTS) is 1. The molecule has 4 N–H and O–H groups in total. The lowest BCUT2D eigenvalue weighted by molar-refractivity contribution is -0.138. The van der Waals surface area contributed by atoms with Crippen LogP contribution >= 0.6 is 0 Å². The number of hydrogen-bond acceptors (Lipinski definition) is 4. The SMILES string of the molecule is CCC(CNC(=O)c1cn(CCN)cn1)CC(=O)O. The van der Waals surface area contributed by atoms with E-state index in [4.69, 9.17) is 10.8 Å². The highest BCUT2D eigenvalue weighted by Gasteiger charge is 2.14. The molecular weight excluding hydrogens is 248 g/mol. The molecule has 0 saturated carbocycles. The van der Waals surface area contributed by atoms with Crippen molar-refractivity contribution < 1.29 is 14.7 Å². The van der Waals surface area contributed by atoms with Crippen LogP contribution in [0.1, 0.15) is 30.3 Å². The second-order valence-corrected chi connectivity index (χ2v) is 4.37. The van der Waals surface area contributed by atoms with Crippen molar-refractivity contribution in [2.75, 3.05) is 13.1 Å². The molecular formula is C12H20N4O3. The molecule has 1 atom stereocenters. The molecule has 1 aromatic heterocycles. The second kappa shape index (κ2) is 7.52. The van der Waals surface area contributed by atoms with E-state index in [1.807, 2.05) is 6.92 Å². The number of carbonyl (C=O) groups excluding carboxylic acids is 1. The van der Waals surface area contributed by atoms with Crippen molar-refractivity contribution in [2.45, 2.75) is 26.3 Å². The Hall–Kier alpha value is -1.89. The van der Waals surface area contributed by atoms with E-state index in [2.05, 4.69) is 10.3 Å². The Bertz CT molecular complexity index is 430. The topological polar surface area (TPSA) is 110 Å². The molecule has 7 heteroatoms. The van der Waals surface area contributed by atoms with Crippen LogP contribution in [-0.4, -0.2) is 39.6 Å². The minimum absolute atomic E-state index is 0.0540. The third kappa shape index (κ3) is 5.09. The van der Waals surface area contributed by atoms with Crippen molar-refractivity contribution in [1.82, 2.24) is 14.9 Å². The fraction of sp³-hybridized carbons (Fsp3) is 0.583. The van der Waals surface area contributed by atoms with Crippen LogP contribution in [0.4, 0.5) is 0 Å². The van der Waals surface area contributed by atoms with E-state index in [1.165, 1.54) is 0 Å². The van der Waals surface area contributed by atoms with Gasteiger partial charge in [-0.1, -0.05) is 13.3 Å². The molecule has 0 aliphatic rings. The number of carbonyl (C=O) groups is 2. The molecule has 1 unspecified atom stereocenters. The Morgan fingerprint density at radius 3 is 2.89 bits per heavy atom. The first-order chi connectivity index (χ1) is 9.06. The highest BCUT2D eigenvalue weighted by molar-refractivity contribution is 5.92. The average Bonchev–Trinajstić information content (AvgIpc) is 2.82. The van der Waals surface area contributed by atoms with Crippen LogP contribution in [0.25, 0.3) is 0 Å². The Morgan fingerprint density at radius 2 is 2.32 bits per heavy atom. The number of aliphatic carboxylic acids is 1. The van der Waals surface area contributed by atoms with E-state index < -0.39 is 5.97 Å². The predicted molar refractivity (Wildman–Crippen MR) is 69.6 cm³/mol. The molecule has 1 aromatic rings. The lowest BCUT2D eigenvalue weighted by Crippen LogP contribution is -2.30. The standard InChI is InChI=1S/C12H20N4O3/c1-2-9(5-11(17)18)6-14-12(19)10-7-16(4-3-13)8-15-10/h7-9H,2-6,13H2,1H3,(H,14,19)(H,17,18). The minimum Gasteiger partial charge on any atom is -0.481 e. The van der Waals surface area contributed by atoms with E-state index in [0.717, 1.165) is 0 Å². The molecule has 1 rings (SSSR count). The second-order valence-electron chi connectivity index (χ2n) is 4.37. The van der Waals surface area contributed by atoms with Crippen LogP contribution in [-0.2, 0) is 11.3 Å². The van der Waals surface area contributed by atoms with E-state index in [1.54, 1.807) is 17.1 Å². The number of carboxylic acids is 1. The van der Waals surface area contributed by atoms with Gasteiger partial charge in [0, 0.05) is 32.3 Å². The Balaban J connectivity index is 2.47. The summed E-state index contributed by atoms with van der Waals surface area (Å²) >= 11 is 0. The van der Waals surface area contributed by atoms with E-state index in [0.29, 0.717) is 31.7 Å². The molecule has 0 aromatic carbocycles. The lowest BCUT2D eigenvalue weighted by atomic mass is 10.0. The molecule has 19 heavy (non-hydrogen) atoms. The fourth-order valence-corrected chi connectivity index (χ4v) is 1.68. The van der Waals surface area contributed by atoms with Gasteiger partial charge in [0.25, 0.3) is 5.91 Å². The summed E-state index contributed by atoms with van der Waals surface area (Å²) in [5.41, 5.74) is 5.72. The van der Waals surface area contributed by atoms with Crippen LogP contribution in [0.2, 0.25) is 0 Å². The van der Waals surface area contributed by atoms with Gasteiger partial charge in [-0.05, 0) is 5.92 Å². The summed E-state index contributed by atoms with van der Waals surface area (Å²) in [6, 6.07) is 0. The highest BCUT2D eigenvalue weighted by atomic mass is 16.4. The maximum absolute atomic E-state index is 11.8. The lowest BCUT2D eigenvalue weighted by Gasteiger charge is -2.12. The van der Waals surface area contributed by atoms with Crippen molar-refractivity contribution in [1.29, 1.82) is 0 Å². The maximum atomic E-state index is 11.8. The summed E-state index contributed by atoms with van der Waals surface area (Å²) in [5, 5.41) is 11.4. The molecule has 0 fully saturated rings. The quantitative estimate of drug-likeness (QED) is 0.618. The number of nitrogens with one attached hydrogen (secondary N) is 1. The van der Waals surface area contributed by atoms with Gasteiger partial charge >= 0.3 is 5.97 Å². The first-order valence-corrected chi connectivity index (χ1v) is 6.28. The van der Waals surface area contributed by atoms with Crippen molar-refractivity contribution in [3.05, 3.63) is 18.2 Å². The molecule has 106 valence electrons. The molecule has 1 amide bonds. The number of imidazole rings is 1. The van der Waals surface area contributed by atoms with Gasteiger partial charge in [-0.2, -0.15) is 0 Å². The summed E-state index contributed by atoms with van der Waals surface area (Å²) in [4.78, 5) is 26.4. The number of rotatable bonds is 8. The zero-order chi connectivity index (χ0) is 14.3. The smallest absolute Gasteiger partial charge is 0.303 e. The maximum Gasteiger partial charge on any atom is 0.303 e. The fourth-order valence-electron chi connectivity index (χ4n) is 1.68. The number of nitrogens with two attached hydrogens (primary N) is 1. The number of amides is 1. The third-order valence-corrected chi connectivity index (χ3v) is 2.85. The van der Waals surface area contributed by atoms with Gasteiger partial charge in [0.2, 0.25) is 0 Å². The summed E-state index contributed by atoms with van der Waals surface area (Å²) in [7, 11) is 0. The van der Waals surface area contributed by atoms with Gasteiger partial charge in [0.15, 0.2) is 0 Å². The first-order valence-electron chi connectivity index (χ1n) is 6.28. The monoisotopic (exact) mass is 268 g/mol. The van der Waals surface area contributed by atoms with E-state index in [-0.39, 0.29) is 18.2 Å². The molecule has 7 nitrogen and oxygen atoms in total. The number of aromatic nitrogens is 2. The van der Waals surface area contributed by atoms with Gasteiger partial charge in [0.1, 0.15) is 5.69 Å². The minimum atomic E-state index is -0.853. The Morgan fingerprint density at radius 1 is 1.58 bits per heavy atom. The zero-order valence-corrected chi connectivity index (χ0v) is 11.0. The molecule has 1 heterocycles. The van der Waals surface area contributed by atoms with Crippen LogP contribution in [0.3, 0.4) is 0 Å². The van der Waals surface area contributed by atoms with Crippen molar-refractivity contribution in [3.63, 3.8) is 0 Å². The average molecular weight is 268 g/mol. The molecule has 0 saturated heterocycles. The highest BCUT2D eigenvalue weighted by Crippen LogP contribution is 2.07. The largest absolute Gasteiger partial charge is 0.481 e. The predicted octanol–water partition coefficient (Wildman–Crippen LogP) is 0.0725. The molecule has 0 aliphatic heterocycles. The summed E-state index contributed by atoms with van der Waals surface area (Å²) in [6.45, 7) is 3.33. The van der Waals surface area contributed by atoms with Crippen molar-refractivity contribution in [3.8, 4) is 0 Å². The van der Waals surface area contributed by atoms with E-state index >= 15 is 0 Å². The molecule has 0 bridgehead atoms. The van der Waals surface area contributed by atoms with Crippen molar-refractivity contribution >= 4 is 11.9 Å². The van der Waals surface area contributed by atoms with Gasteiger partial charge in [-0.3, -0.25) is 9.59 Å². The van der Waals surface area contributed by atoms with Gasteiger partial charge < -0.3 is 20.7 Å². The normalized spacial score (nSPS) is 12.1. The van der Waals surface area contributed by atoms with Crippen LogP contribution in [0.15, 0.2) is 12.5 Å². The molecule has 0 spiro atoms. The van der Waals surface area contributed by atoms with Crippen LogP contribution in [0, 0.1) is 5.92 Å². The first kappa shape index (κ1) is 15.2. The molecule has 0 aliphatic carbocycles. The summed E-state index contributed by atoms with van der Waals surface area (Å²) in [5.74, 6) is -1.21. The zero-order valence-electron chi connectivity index (χ0n) is 11.0. The van der Waals surface area contributed by atoms with Crippen LogP contribution in [0.5, 0.6) is 0 Å². The number of nitrogens with zero attached hydrogens (tertiary/aromatic N) is 2. The Kier molecular flexibility index (Phi) is 6.01. The van der Waals surface area contributed by atoms with Gasteiger partial charge in [-0.25, -0.2) is 4.98 Å². The van der Waals surface area contributed by atoms with Gasteiger partial charge in [0.05, 0.1) is 6.33 Å². The Labute approximate surface area is 111 Å². The summed E-state index contributed by atoms with van der Waals surface area (Å²) < 4.78 is 1.74. The van der Waals surface area contributed by atoms with Crippen LogP contribution < -0.4 is 11.1 Å². The summed E-state index contributed by atoms with van der Waals surface area (Å²) in [6.07, 6.45) is 3.93. The number of hydrogen-bond donors (Lipinski definition) is 3. The third-order valence-electron chi connectivity index (χ3n) is 2.85. The molecule has 0 radical (unpaired) electrons.